The van der Waals surface area contributed by atoms with Crippen molar-refractivity contribution in [3.63, 3.8) is 0 Å². The molecule has 0 aliphatic carbocycles. The van der Waals surface area contributed by atoms with Gasteiger partial charge >= 0.3 is 5.97 Å². The number of likely N-dealkylation sites (N-methyl/N-ethyl adjacent to an activating group) is 1. The number of carboxylic acids is 1. The lowest BCUT2D eigenvalue weighted by Gasteiger charge is -2.22. The molecule has 1 aromatic rings. The minimum atomic E-state index is -1.03. The number of amides is 1. The molecule has 1 atom stereocenters. The van der Waals surface area contributed by atoms with Crippen LogP contribution in [0.1, 0.15) is 12.5 Å². The molecule has 0 bridgehead atoms. The Labute approximate surface area is 106 Å². The summed E-state index contributed by atoms with van der Waals surface area (Å²) in [5.41, 5.74) is 6.78. The molecule has 0 saturated carbocycles. The van der Waals surface area contributed by atoms with Crippen molar-refractivity contribution in [3.8, 4) is 0 Å². The fourth-order valence-electron chi connectivity index (χ4n) is 1.70. The van der Waals surface area contributed by atoms with Gasteiger partial charge in [0.15, 0.2) is 0 Å². The summed E-state index contributed by atoms with van der Waals surface area (Å²) in [6, 6.07) is 8.72. The highest BCUT2D eigenvalue weighted by Gasteiger charge is 2.21. The zero-order valence-electron chi connectivity index (χ0n) is 10.4. The molecule has 0 aliphatic heterocycles. The van der Waals surface area contributed by atoms with E-state index in [0.29, 0.717) is 13.0 Å². The lowest BCUT2D eigenvalue weighted by atomic mass is 10.1. The van der Waals surface area contributed by atoms with Crippen LogP contribution in [0.4, 0.5) is 0 Å². The van der Waals surface area contributed by atoms with Crippen molar-refractivity contribution in [2.75, 3.05) is 13.1 Å². The molecule has 0 heterocycles. The summed E-state index contributed by atoms with van der Waals surface area (Å²) in [5.74, 6) is -1.36. The van der Waals surface area contributed by atoms with Crippen LogP contribution in [0.5, 0.6) is 0 Å². The lowest BCUT2D eigenvalue weighted by molar-refractivity contribution is -0.144. The molecule has 3 N–H and O–H groups in total. The van der Waals surface area contributed by atoms with Gasteiger partial charge in [0.25, 0.3) is 0 Å². The number of carboxylic acid groups (broad SMARTS) is 1. The maximum Gasteiger partial charge on any atom is 0.323 e. The average molecular weight is 250 g/mol. The summed E-state index contributed by atoms with van der Waals surface area (Å²) < 4.78 is 0. The third-order valence-electron chi connectivity index (χ3n) is 2.64. The number of nitrogens with zero attached hydrogens (tertiary/aromatic N) is 1. The first-order valence-corrected chi connectivity index (χ1v) is 5.84. The molecular formula is C13H18N2O3. The number of benzene rings is 1. The highest BCUT2D eigenvalue weighted by Crippen LogP contribution is 2.04. The van der Waals surface area contributed by atoms with Crippen LogP contribution < -0.4 is 5.73 Å². The molecule has 5 nitrogen and oxygen atoms in total. The normalized spacial score (nSPS) is 11.9. The van der Waals surface area contributed by atoms with Crippen molar-refractivity contribution in [2.24, 2.45) is 5.73 Å². The largest absolute Gasteiger partial charge is 0.480 e. The lowest BCUT2D eigenvalue weighted by Crippen LogP contribution is -2.46. The van der Waals surface area contributed by atoms with E-state index in [1.54, 1.807) is 6.92 Å². The molecule has 1 rings (SSSR count). The van der Waals surface area contributed by atoms with Crippen LogP contribution in [0.2, 0.25) is 0 Å². The molecule has 18 heavy (non-hydrogen) atoms. The molecule has 0 radical (unpaired) electrons. The maximum atomic E-state index is 12.0. The number of aliphatic carboxylic acids is 1. The number of rotatable bonds is 6. The van der Waals surface area contributed by atoms with Crippen molar-refractivity contribution in [1.82, 2.24) is 4.90 Å². The smallest absolute Gasteiger partial charge is 0.323 e. The Balaban J connectivity index is 2.62. The van der Waals surface area contributed by atoms with Crippen LogP contribution in [-0.2, 0) is 16.0 Å². The average Bonchev–Trinajstić information content (AvgIpc) is 2.36. The predicted molar refractivity (Wildman–Crippen MR) is 68.0 cm³/mol. The van der Waals surface area contributed by atoms with Crippen LogP contribution in [0.15, 0.2) is 30.3 Å². The van der Waals surface area contributed by atoms with E-state index in [-0.39, 0.29) is 12.5 Å². The summed E-state index contributed by atoms with van der Waals surface area (Å²) in [6.45, 7) is 1.77. The van der Waals surface area contributed by atoms with Crippen LogP contribution >= 0.6 is 0 Å². The first kappa shape index (κ1) is 14.2. The van der Waals surface area contributed by atoms with Gasteiger partial charge in [0.1, 0.15) is 6.54 Å². The molecule has 0 fully saturated rings. The summed E-state index contributed by atoms with van der Waals surface area (Å²) in [5, 5.41) is 8.70. The Hall–Kier alpha value is -1.88. The topological polar surface area (TPSA) is 83.6 Å². The van der Waals surface area contributed by atoms with Crippen molar-refractivity contribution in [3.05, 3.63) is 35.9 Å². The standard InChI is InChI=1S/C13H18N2O3/c1-2-15(9-12(16)17)13(18)11(14)8-10-6-4-3-5-7-10/h3-7,11H,2,8-9,14H2,1H3,(H,16,17)/t11-/m0/s1. The molecule has 1 amide bonds. The first-order chi connectivity index (χ1) is 8.54. The Kier molecular flexibility index (Phi) is 5.32. The highest BCUT2D eigenvalue weighted by molar-refractivity contribution is 5.85. The summed E-state index contributed by atoms with van der Waals surface area (Å²) >= 11 is 0. The van der Waals surface area contributed by atoms with Gasteiger partial charge in [-0.25, -0.2) is 0 Å². The van der Waals surface area contributed by atoms with E-state index in [2.05, 4.69) is 0 Å². The first-order valence-electron chi connectivity index (χ1n) is 5.84. The second kappa shape index (κ2) is 6.76. The van der Waals surface area contributed by atoms with Gasteiger partial charge in [0.2, 0.25) is 5.91 Å². The highest BCUT2D eigenvalue weighted by atomic mass is 16.4. The molecule has 5 heteroatoms. The zero-order valence-corrected chi connectivity index (χ0v) is 10.4. The minimum Gasteiger partial charge on any atom is -0.480 e. The molecule has 0 spiro atoms. The van der Waals surface area contributed by atoms with E-state index in [1.807, 2.05) is 30.3 Å². The second-order valence-electron chi connectivity index (χ2n) is 4.04. The molecule has 0 aliphatic rings. The monoisotopic (exact) mass is 250 g/mol. The van der Waals surface area contributed by atoms with E-state index in [9.17, 15) is 9.59 Å². The molecule has 0 unspecified atom stereocenters. The van der Waals surface area contributed by atoms with E-state index >= 15 is 0 Å². The van der Waals surface area contributed by atoms with Gasteiger partial charge in [-0.1, -0.05) is 30.3 Å². The predicted octanol–water partition coefficient (Wildman–Crippen LogP) is 0.490. The maximum absolute atomic E-state index is 12.0. The van der Waals surface area contributed by atoms with E-state index in [1.165, 1.54) is 4.90 Å². The third-order valence-corrected chi connectivity index (χ3v) is 2.64. The van der Waals surface area contributed by atoms with Gasteiger partial charge in [0.05, 0.1) is 6.04 Å². The van der Waals surface area contributed by atoms with Gasteiger partial charge in [-0.2, -0.15) is 0 Å². The van der Waals surface area contributed by atoms with Crippen LogP contribution in [0, 0.1) is 0 Å². The SMILES string of the molecule is CCN(CC(=O)O)C(=O)[C@@H](N)Cc1ccccc1. The van der Waals surface area contributed by atoms with Gasteiger partial charge in [-0.05, 0) is 18.9 Å². The van der Waals surface area contributed by atoms with Crippen LogP contribution in [0.3, 0.4) is 0 Å². The fraction of sp³-hybridized carbons (Fsp3) is 0.385. The van der Waals surface area contributed by atoms with Crippen LogP contribution in [-0.4, -0.2) is 41.0 Å². The number of carbonyl (C=O) groups excluding carboxylic acids is 1. The summed E-state index contributed by atoms with van der Waals surface area (Å²) in [4.78, 5) is 23.8. The van der Waals surface area contributed by atoms with E-state index < -0.39 is 12.0 Å². The molecule has 98 valence electrons. The molecule has 0 saturated heterocycles. The third kappa shape index (κ3) is 4.18. The van der Waals surface area contributed by atoms with Crippen molar-refractivity contribution < 1.29 is 14.7 Å². The minimum absolute atomic E-state index is 0.308. The Morgan fingerprint density at radius 3 is 2.44 bits per heavy atom. The zero-order chi connectivity index (χ0) is 13.5. The molecule has 0 aromatic heterocycles. The summed E-state index contributed by atoms with van der Waals surface area (Å²) in [7, 11) is 0. The van der Waals surface area contributed by atoms with Crippen LogP contribution in [0.25, 0.3) is 0 Å². The number of hydrogen-bond donors (Lipinski definition) is 2. The Morgan fingerprint density at radius 1 is 1.33 bits per heavy atom. The van der Waals surface area contributed by atoms with Crippen molar-refractivity contribution in [2.45, 2.75) is 19.4 Å². The second-order valence-corrected chi connectivity index (χ2v) is 4.04. The van der Waals surface area contributed by atoms with Crippen molar-refractivity contribution >= 4 is 11.9 Å². The van der Waals surface area contributed by atoms with E-state index in [0.717, 1.165) is 5.56 Å². The number of carbonyl (C=O) groups is 2. The van der Waals surface area contributed by atoms with Gasteiger partial charge < -0.3 is 15.7 Å². The Bertz CT molecular complexity index is 406. The quantitative estimate of drug-likeness (QED) is 0.769. The molecular weight excluding hydrogens is 232 g/mol. The number of nitrogens with two attached hydrogens (primary N) is 1. The van der Waals surface area contributed by atoms with Gasteiger partial charge in [0, 0.05) is 6.54 Å². The Morgan fingerprint density at radius 2 is 1.94 bits per heavy atom. The van der Waals surface area contributed by atoms with Crippen molar-refractivity contribution in [1.29, 1.82) is 0 Å². The fourth-order valence-corrected chi connectivity index (χ4v) is 1.70. The van der Waals surface area contributed by atoms with Gasteiger partial charge in [-0.3, -0.25) is 9.59 Å². The van der Waals surface area contributed by atoms with E-state index in [4.69, 9.17) is 10.8 Å². The molecule has 1 aromatic carbocycles. The van der Waals surface area contributed by atoms with Gasteiger partial charge in [-0.15, -0.1) is 0 Å². The number of hydrogen-bond acceptors (Lipinski definition) is 3. The summed E-state index contributed by atoms with van der Waals surface area (Å²) in [6.07, 6.45) is 0.412.